The second kappa shape index (κ2) is 7.66. The summed E-state index contributed by atoms with van der Waals surface area (Å²) in [6.45, 7) is 3.94. The van der Waals surface area contributed by atoms with Crippen LogP contribution in [-0.4, -0.2) is 41.7 Å². The minimum atomic E-state index is -1.32. The van der Waals surface area contributed by atoms with Crippen LogP contribution in [0.5, 0.6) is 5.75 Å². The number of hydrogen-bond acceptors (Lipinski definition) is 5. The maximum absolute atomic E-state index is 13.8. The van der Waals surface area contributed by atoms with Gasteiger partial charge in [-0.1, -0.05) is 18.2 Å². The number of nitrogens with zero attached hydrogens (tertiary/aromatic N) is 1. The highest BCUT2D eigenvalue weighted by molar-refractivity contribution is 6.14. The lowest BCUT2D eigenvalue weighted by Gasteiger charge is -2.26. The molecule has 2 aromatic rings. The van der Waals surface area contributed by atoms with Gasteiger partial charge in [0, 0.05) is 5.56 Å². The Hall–Kier alpha value is -3.72. The molecule has 9 nitrogen and oxygen atoms in total. The largest absolute Gasteiger partial charge is 0.497 e. The molecule has 3 aliphatic heterocycles. The van der Waals surface area contributed by atoms with Crippen molar-refractivity contribution >= 4 is 29.3 Å². The summed E-state index contributed by atoms with van der Waals surface area (Å²) in [6.07, 6.45) is -0.105. The fourth-order valence-corrected chi connectivity index (χ4v) is 5.83. The molecule has 2 saturated heterocycles. The van der Waals surface area contributed by atoms with Crippen LogP contribution in [-0.2, 0) is 31.3 Å². The van der Waals surface area contributed by atoms with E-state index in [2.05, 4.69) is 5.32 Å². The second-order valence-electron chi connectivity index (χ2n) is 9.37. The molecule has 0 saturated carbocycles. The highest BCUT2D eigenvalue weighted by atomic mass is 16.5. The van der Waals surface area contributed by atoms with E-state index in [0.717, 1.165) is 16.7 Å². The number of ether oxygens (including phenoxy) is 1. The van der Waals surface area contributed by atoms with Crippen LogP contribution in [0.4, 0.5) is 5.69 Å². The van der Waals surface area contributed by atoms with Crippen molar-refractivity contribution in [1.29, 1.82) is 0 Å². The van der Waals surface area contributed by atoms with E-state index in [0.29, 0.717) is 17.0 Å². The summed E-state index contributed by atoms with van der Waals surface area (Å²) in [7, 11) is 1.56. The molecule has 3 aliphatic rings. The number of methoxy groups -OCH3 is 1. The molecule has 3 heterocycles. The van der Waals surface area contributed by atoms with E-state index < -0.39 is 35.2 Å². The highest BCUT2D eigenvalue weighted by Gasteiger charge is 2.74. The van der Waals surface area contributed by atoms with Gasteiger partial charge >= 0.3 is 0 Å². The van der Waals surface area contributed by atoms with Crippen LogP contribution in [0.15, 0.2) is 36.4 Å². The van der Waals surface area contributed by atoms with Gasteiger partial charge < -0.3 is 21.1 Å². The topological polar surface area (TPSA) is 135 Å². The van der Waals surface area contributed by atoms with E-state index in [-0.39, 0.29) is 24.8 Å². The first kappa shape index (κ1) is 22.1. The molecular weight excluding hydrogens is 436 g/mol. The van der Waals surface area contributed by atoms with Gasteiger partial charge in [-0.15, -0.1) is 0 Å². The molecule has 4 amide bonds. The number of imide groups is 1. The molecule has 0 aliphatic carbocycles. The molecule has 2 fully saturated rings. The number of hydrogen-bond donors (Lipinski definition) is 3. The zero-order valence-electron chi connectivity index (χ0n) is 19.3. The third-order valence-corrected chi connectivity index (χ3v) is 7.60. The Morgan fingerprint density at radius 1 is 1.12 bits per heavy atom. The minimum Gasteiger partial charge on any atom is -0.497 e. The number of likely N-dealkylation sites (tertiary alicyclic amines) is 1. The summed E-state index contributed by atoms with van der Waals surface area (Å²) >= 11 is 0. The zero-order chi connectivity index (χ0) is 24.4. The molecule has 4 atom stereocenters. The number of carbonyl (C=O) groups is 4. The number of benzene rings is 2. The molecule has 0 radical (unpaired) electrons. The van der Waals surface area contributed by atoms with Crippen LogP contribution in [0.1, 0.15) is 28.7 Å². The molecule has 5 N–H and O–H groups in total. The van der Waals surface area contributed by atoms with E-state index >= 15 is 0 Å². The van der Waals surface area contributed by atoms with Gasteiger partial charge in [0.15, 0.2) is 0 Å². The van der Waals surface area contributed by atoms with E-state index in [4.69, 9.17) is 10.5 Å². The monoisotopic (exact) mass is 463 g/mol. The summed E-state index contributed by atoms with van der Waals surface area (Å²) in [5.41, 5.74) is 8.21. The normalized spacial score (nSPS) is 27.2. The number of quaternary nitrogens is 1. The first-order valence-electron chi connectivity index (χ1n) is 11.2. The predicted molar refractivity (Wildman–Crippen MR) is 121 cm³/mol. The van der Waals surface area contributed by atoms with Crippen molar-refractivity contribution in [1.82, 2.24) is 4.90 Å². The molecule has 0 unspecified atom stereocenters. The summed E-state index contributed by atoms with van der Waals surface area (Å²) < 4.78 is 5.18. The van der Waals surface area contributed by atoms with E-state index in [9.17, 15) is 19.2 Å². The summed E-state index contributed by atoms with van der Waals surface area (Å²) in [6, 6.07) is 10.3. The van der Waals surface area contributed by atoms with Crippen molar-refractivity contribution in [3.05, 3.63) is 58.7 Å². The van der Waals surface area contributed by atoms with Gasteiger partial charge in [0.2, 0.25) is 23.3 Å². The number of rotatable bonds is 5. The summed E-state index contributed by atoms with van der Waals surface area (Å²) in [4.78, 5) is 54.0. The smallest absolute Gasteiger partial charge is 0.291 e. The van der Waals surface area contributed by atoms with Crippen molar-refractivity contribution in [2.45, 2.75) is 38.4 Å². The van der Waals surface area contributed by atoms with Gasteiger partial charge in [0.05, 0.1) is 25.8 Å². The standard InChI is InChI=1S/C25H26N4O5/c1-12-4-9-16-21(13(12)2)27-24(33)25(16)20-19(17(28-25)10-18(26)30)22(31)29(23(20)32)11-14-5-7-15(34-3)8-6-14/h4-9,17,19-20,28H,10-11H2,1-3H3,(H2,26,30)(H,27,33)/p+1/t17-,19-,20+,25+/m1/s1. The molecule has 0 bridgehead atoms. The van der Waals surface area contributed by atoms with E-state index in [1.807, 2.05) is 26.0 Å². The number of nitrogens with one attached hydrogen (secondary N) is 1. The lowest BCUT2D eigenvalue weighted by atomic mass is 9.76. The Bertz CT molecular complexity index is 1240. The third kappa shape index (κ3) is 2.96. The van der Waals surface area contributed by atoms with E-state index in [1.165, 1.54) is 4.90 Å². The van der Waals surface area contributed by atoms with Crippen molar-refractivity contribution in [2.75, 3.05) is 12.4 Å². The Morgan fingerprint density at radius 2 is 1.82 bits per heavy atom. The van der Waals surface area contributed by atoms with Crippen molar-refractivity contribution in [3.8, 4) is 5.75 Å². The minimum absolute atomic E-state index is 0.0788. The molecule has 9 heteroatoms. The lowest BCUT2D eigenvalue weighted by molar-refractivity contribution is -0.732. The highest BCUT2D eigenvalue weighted by Crippen LogP contribution is 2.50. The fourth-order valence-electron chi connectivity index (χ4n) is 5.83. The average Bonchev–Trinajstić information content (AvgIpc) is 3.37. The maximum Gasteiger partial charge on any atom is 0.291 e. The quantitative estimate of drug-likeness (QED) is 0.540. The van der Waals surface area contributed by atoms with E-state index in [1.54, 1.807) is 36.7 Å². The number of fused-ring (bicyclic) bond motifs is 4. The zero-order valence-corrected chi connectivity index (χ0v) is 19.3. The first-order valence-corrected chi connectivity index (χ1v) is 11.2. The first-order chi connectivity index (χ1) is 16.2. The molecule has 2 aromatic carbocycles. The van der Waals surface area contributed by atoms with Crippen LogP contribution in [0, 0.1) is 25.7 Å². The third-order valence-electron chi connectivity index (χ3n) is 7.60. The number of primary amides is 1. The van der Waals surface area contributed by atoms with Crippen molar-refractivity contribution < 1.29 is 29.2 Å². The van der Waals surface area contributed by atoms with Crippen LogP contribution in [0.25, 0.3) is 0 Å². The number of anilines is 1. The van der Waals surface area contributed by atoms with Gasteiger partial charge in [-0.2, -0.15) is 0 Å². The van der Waals surface area contributed by atoms with Crippen LogP contribution in [0.2, 0.25) is 0 Å². The van der Waals surface area contributed by atoms with Gasteiger partial charge in [0.25, 0.3) is 5.91 Å². The molecule has 0 aromatic heterocycles. The van der Waals surface area contributed by atoms with Gasteiger partial charge in [-0.25, -0.2) is 0 Å². The maximum atomic E-state index is 13.8. The predicted octanol–water partition coefficient (Wildman–Crippen LogP) is 0.0818. The van der Waals surface area contributed by atoms with Gasteiger partial charge in [0.1, 0.15) is 23.6 Å². The summed E-state index contributed by atoms with van der Waals surface area (Å²) in [5, 5.41) is 4.68. The molecule has 34 heavy (non-hydrogen) atoms. The van der Waals surface area contributed by atoms with Gasteiger partial charge in [-0.05, 0) is 48.7 Å². The number of amides is 4. The fraction of sp³-hybridized carbons (Fsp3) is 0.360. The Morgan fingerprint density at radius 3 is 2.47 bits per heavy atom. The summed E-state index contributed by atoms with van der Waals surface area (Å²) in [5.74, 6) is -2.79. The van der Waals surface area contributed by atoms with Crippen molar-refractivity contribution in [2.24, 2.45) is 17.6 Å². The molecule has 5 rings (SSSR count). The number of aryl methyl sites for hydroxylation is 1. The average molecular weight is 464 g/mol. The SMILES string of the molecule is COc1ccc(CN2C(=O)[C@H]3[C@@H](C2=O)[C@]2([NH2+][C@@H]3CC(N)=O)C(=O)Nc3c2ccc(C)c3C)cc1. The Labute approximate surface area is 196 Å². The second-order valence-corrected chi connectivity index (χ2v) is 9.37. The number of nitrogens with two attached hydrogens (primary N) is 2. The van der Waals surface area contributed by atoms with Crippen LogP contribution < -0.4 is 21.1 Å². The van der Waals surface area contributed by atoms with Crippen molar-refractivity contribution in [3.63, 3.8) is 0 Å². The number of carbonyl (C=O) groups excluding carboxylic acids is 4. The Balaban J connectivity index is 1.59. The molecule has 1 spiro atoms. The Kier molecular flexibility index (Phi) is 4.98. The van der Waals surface area contributed by atoms with Crippen LogP contribution in [0.3, 0.4) is 0 Å². The molecule has 176 valence electrons. The van der Waals surface area contributed by atoms with Crippen LogP contribution >= 0.6 is 0 Å². The molecular formula is C25H27N4O5+. The lowest BCUT2D eigenvalue weighted by Crippen LogP contribution is -2.99. The van der Waals surface area contributed by atoms with Gasteiger partial charge in [-0.3, -0.25) is 24.1 Å².